The Bertz CT molecular complexity index is 663. The van der Waals surface area contributed by atoms with Crippen LogP contribution in [0.5, 0.6) is 0 Å². The zero-order valence-corrected chi connectivity index (χ0v) is 16.8. The average molecular weight is 358 g/mol. The van der Waals surface area contributed by atoms with E-state index in [9.17, 15) is 4.79 Å². The normalized spacial score (nSPS) is 58.9. The van der Waals surface area contributed by atoms with Crippen LogP contribution in [0.4, 0.5) is 0 Å². The molecule has 0 aromatic rings. The summed E-state index contributed by atoms with van der Waals surface area (Å²) in [4.78, 5) is 15.3. The first-order valence-corrected chi connectivity index (χ1v) is 11.3. The van der Waals surface area contributed by atoms with Crippen LogP contribution >= 0.6 is 0 Å². The molecule has 3 saturated heterocycles. The zero-order valence-electron chi connectivity index (χ0n) is 16.8. The van der Waals surface area contributed by atoms with Gasteiger partial charge in [0, 0.05) is 25.0 Å². The molecule has 3 nitrogen and oxygen atoms in total. The fraction of sp³-hybridized carbons (Fsp3) is 0.957. The number of carbonyl (C=O) groups is 1. The van der Waals surface area contributed by atoms with Crippen LogP contribution in [0.3, 0.4) is 0 Å². The Labute approximate surface area is 158 Å². The van der Waals surface area contributed by atoms with Crippen LogP contribution in [0.1, 0.15) is 71.6 Å². The van der Waals surface area contributed by atoms with Gasteiger partial charge in [0.15, 0.2) is 0 Å². The number of carbonyl (C=O) groups excluding carboxylic acids is 1. The van der Waals surface area contributed by atoms with E-state index in [-0.39, 0.29) is 5.97 Å². The molecule has 26 heavy (non-hydrogen) atoms. The molecule has 0 aromatic heterocycles. The minimum absolute atomic E-state index is 0.0172. The lowest BCUT2D eigenvalue weighted by atomic mass is 9.34. The average Bonchev–Trinajstić information content (AvgIpc) is 3.31. The number of esters is 1. The Balaban J connectivity index is 1.55. The van der Waals surface area contributed by atoms with E-state index in [1.54, 1.807) is 7.11 Å². The van der Waals surface area contributed by atoms with Crippen molar-refractivity contribution in [1.29, 1.82) is 0 Å². The van der Waals surface area contributed by atoms with E-state index in [1.165, 1.54) is 51.5 Å². The molecular weight excluding hydrogens is 322 g/mol. The first-order chi connectivity index (χ1) is 12.5. The van der Waals surface area contributed by atoms with Crippen molar-refractivity contribution >= 4 is 5.97 Å². The summed E-state index contributed by atoms with van der Waals surface area (Å²) in [5.41, 5.74) is 1.44. The monoisotopic (exact) mass is 357 g/mol. The quantitative estimate of drug-likeness (QED) is 0.707. The van der Waals surface area contributed by atoms with E-state index in [1.807, 2.05) is 0 Å². The predicted molar refractivity (Wildman–Crippen MR) is 100 cm³/mol. The second-order valence-electron chi connectivity index (χ2n) is 11.1. The minimum Gasteiger partial charge on any atom is -0.469 e. The van der Waals surface area contributed by atoms with Crippen molar-refractivity contribution in [3.63, 3.8) is 0 Å². The van der Waals surface area contributed by atoms with E-state index in [4.69, 9.17) is 4.74 Å². The summed E-state index contributed by atoms with van der Waals surface area (Å²) >= 11 is 0. The number of ether oxygens (including phenoxy) is 1. The van der Waals surface area contributed by atoms with E-state index >= 15 is 0 Å². The van der Waals surface area contributed by atoms with E-state index in [0.29, 0.717) is 22.7 Å². The standard InChI is InChI=1S/C23H35NO2/c1-14-13-24-19-15(14)6-10-21(2)16-7-11-22(20(16)24)9-4-5-17(22)23(19,21)12-8-18(25)26-3/h14-17,19-20H,4-13H2,1-3H3/t14-,15-,16?,17-,19+,20?,21+,22-,23+/m1/s1. The van der Waals surface area contributed by atoms with Gasteiger partial charge in [0.1, 0.15) is 0 Å². The fourth-order valence-electron chi connectivity index (χ4n) is 10.6. The van der Waals surface area contributed by atoms with E-state index in [0.717, 1.165) is 42.2 Å². The molecule has 7 fully saturated rings. The van der Waals surface area contributed by atoms with Gasteiger partial charge in [-0.3, -0.25) is 9.69 Å². The Morgan fingerprint density at radius 3 is 2.81 bits per heavy atom. The summed E-state index contributed by atoms with van der Waals surface area (Å²) in [5.74, 6) is 3.50. The van der Waals surface area contributed by atoms with Crippen LogP contribution < -0.4 is 0 Å². The van der Waals surface area contributed by atoms with Gasteiger partial charge in [-0.15, -0.1) is 0 Å². The highest BCUT2D eigenvalue weighted by Gasteiger charge is 2.82. The number of methoxy groups -OCH3 is 1. The molecule has 0 N–H and O–H groups in total. The van der Waals surface area contributed by atoms with Crippen LogP contribution in [0.2, 0.25) is 0 Å². The summed E-state index contributed by atoms with van der Waals surface area (Å²) in [7, 11) is 1.57. The molecule has 0 amide bonds. The summed E-state index contributed by atoms with van der Waals surface area (Å²) in [5, 5.41) is 0. The highest BCUT2D eigenvalue weighted by atomic mass is 16.5. The third-order valence-electron chi connectivity index (χ3n) is 11.1. The first-order valence-electron chi connectivity index (χ1n) is 11.3. The number of hydrogen-bond donors (Lipinski definition) is 0. The van der Waals surface area contributed by atoms with Crippen LogP contribution in [0.15, 0.2) is 0 Å². The fourth-order valence-corrected chi connectivity index (χ4v) is 10.6. The SMILES string of the molecule is COC(=O)CC[C@]12[C@@H]3[C@@H]4CC[C@@]1(C)C1CC[C@@]5(CCC[C@H]52)C1N3C[C@H]4C. The van der Waals surface area contributed by atoms with Gasteiger partial charge in [-0.05, 0) is 84.9 Å². The van der Waals surface area contributed by atoms with E-state index in [2.05, 4.69) is 18.7 Å². The van der Waals surface area contributed by atoms with Crippen molar-refractivity contribution in [2.75, 3.05) is 13.7 Å². The van der Waals surface area contributed by atoms with Crippen molar-refractivity contribution in [2.45, 2.75) is 83.7 Å². The lowest BCUT2D eigenvalue weighted by Gasteiger charge is -2.77. The van der Waals surface area contributed by atoms with Gasteiger partial charge < -0.3 is 4.74 Å². The molecule has 1 spiro atoms. The lowest BCUT2D eigenvalue weighted by molar-refractivity contribution is -0.283. The Kier molecular flexibility index (Phi) is 3.08. The largest absolute Gasteiger partial charge is 0.469 e. The summed E-state index contributed by atoms with van der Waals surface area (Å²) < 4.78 is 5.12. The number of piperidine rings is 2. The van der Waals surface area contributed by atoms with Crippen LogP contribution in [-0.2, 0) is 9.53 Å². The maximum atomic E-state index is 12.2. The van der Waals surface area contributed by atoms with E-state index < -0.39 is 0 Å². The molecule has 4 aliphatic carbocycles. The number of hydrogen-bond acceptors (Lipinski definition) is 3. The predicted octanol–water partition coefficient (Wildman–Crippen LogP) is 4.25. The molecule has 3 aliphatic heterocycles. The highest BCUT2D eigenvalue weighted by molar-refractivity contribution is 5.69. The van der Waals surface area contributed by atoms with Crippen LogP contribution in [0, 0.1) is 39.9 Å². The molecule has 7 aliphatic rings. The molecule has 0 aromatic carbocycles. The van der Waals surface area contributed by atoms with Crippen molar-refractivity contribution in [3.05, 3.63) is 0 Å². The Morgan fingerprint density at radius 1 is 1.15 bits per heavy atom. The Hall–Kier alpha value is -0.570. The smallest absolute Gasteiger partial charge is 0.305 e. The van der Waals surface area contributed by atoms with Crippen LogP contribution in [0.25, 0.3) is 0 Å². The number of rotatable bonds is 3. The second-order valence-corrected chi connectivity index (χ2v) is 11.1. The van der Waals surface area contributed by atoms with Crippen molar-refractivity contribution in [2.24, 2.45) is 39.9 Å². The van der Waals surface area contributed by atoms with Gasteiger partial charge in [-0.2, -0.15) is 0 Å². The molecule has 7 rings (SSSR count). The van der Waals surface area contributed by atoms with Gasteiger partial charge in [-0.1, -0.05) is 20.3 Å². The zero-order chi connectivity index (χ0) is 17.9. The van der Waals surface area contributed by atoms with Gasteiger partial charge >= 0.3 is 5.97 Å². The molecule has 9 atom stereocenters. The minimum atomic E-state index is 0.0172. The highest BCUT2D eigenvalue weighted by Crippen LogP contribution is 2.83. The molecular formula is C23H35NO2. The number of nitrogens with zero attached hydrogens (tertiary/aromatic N) is 1. The van der Waals surface area contributed by atoms with Gasteiger partial charge in [0.2, 0.25) is 0 Å². The summed E-state index contributed by atoms with van der Waals surface area (Å²) in [6.07, 6.45) is 11.9. The maximum absolute atomic E-state index is 12.2. The summed E-state index contributed by atoms with van der Waals surface area (Å²) in [6, 6.07) is 1.63. The molecule has 4 saturated carbocycles. The molecule has 6 bridgehead atoms. The van der Waals surface area contributed by atoms with Gasteiger partial charge in [-0.25, -0.2) is 0 Å². The Morgan fingerprint density at radius 2 is 2.00 bits per heavy atom. The molecule has 0 radical (unpaired) electrons. The molecule has 3 heteroatoms. The molecule has 144 valence electrons. The molecule has 3 heterocycles. The lowest BCUT2D eigenvalue weighted by Crippen LogP contribution is -2.79. The second kappa shape index (κ2) is 4.88. The van der Waals surface area contributed by atoms with Gasteiger partial charge in [0.25, 0.3) is 0 Å². The third kappa shape index (κ3) is 1.47. The van der Waals surface area contributed by atoms with Crippen molar-refractivity contribution < 1.29 is 9.53 Å². The summed E-state index contributed by atoms with van der Waals surface area (Å²) in [6.45, 7) is 6.53. The van der Waals surface area contributed by atoms with Gasteiger partial charge in [0.05, 0.1) is 7.11 Å². The molecule has 2 unspecified atom stereocenters. The topological polar surface area (TPSA) is 29.5 Å². The van der Waals surface area contributed by atoms with Crippen molar-refractivity contribution in [1.82, 2.24) is 4.90 Å². The van der Waals surface area contributed by atoms with Crippen LogP contribution in [-0.4, -0.2) is 36.6 Å². The maximum Gasteiger partial charge on any atom is 0.305 e. The third-order valence-corrected chi connectivity index (χ3v) is 11.1. The van der Waals surface area contributed by atoms with Crippen molar-refractivity contribution in [3.8, 4) is 0 Å². The first kappa shape index (κ1) is 16.4.